The number of carbonyl (C=O) groups is 2. The average Bonchev–Trinajstić information content (AvgIpc) is 2.93. The first-order valence-corrected chi connectivity index (χ1v) is 9.37. The van der Waals surface area contributed by atoms with Crippen molar-refractivity contribution in [3.63, 3.8) is 0 Å². The molecule has 1 aromatic carbocycles. The maximum Gasteiger partial charge on any atom is 0.255 e. The monoisotopic (exact) mass is 355 g/mol. The fourth-order valence-electron chi connectivity index (χ4n) is 4.15. The maximum absolute atomic E-state index is 12.7. The molecule has 1 aromatic rings. The minimum atomic E-state index is -0.434. The van der Waals surface area contributed by atoms with Gasteiger partial charge in [-0.2, -0.15) is 0 Å². The number of nitrogens with zero attached hydrogens (tertiary/aromatic N) is 1. The summed E-state index contributed by atoms with van der Waals surface area (Å²) in [7, 11) is 0. The summed E-state index contributed by atoms with van der Waals surface area (Å²) in [4.78, 5) is 26.6. The summed E-state index contributed by atoms with van der Waals surface area (Å²) in [6, 6.07) is 5.20. The van der Waals surface area contributed by atoms with Crippen molar-refractivity contribution in [3.8, 4) is 5.75 Å². The molecule has 2 amide bonds. The van der Waals surface area contributed by atoms with E-state index in [1.54, 1.807) is 11.0 Å². The minimum absolute atomic E-state index is 0.0325. The number of benzene rings is 1. The Morgan fingerprint density at radius 2 is 2.00 bits per heavy atom. The first-order valence-electron chi connectivity index (χ1n) is 9.37. The number of rotatable bonds is 3. The van der Waals surface area contributed by atoms with Crippen LogP contribution >= 0.6 is 0 Å². The second kappa shape index (κ2) is 6.76. The topological polar surface area (TPSA) is 84.7 Å². The molecule has 3 unspecified atom stereocenters. The van der Waals surface area contributed by atoms with Crippen LogP contribution in [-0.4, -0.2) is 34.9 Å². The van der Waals surface area contributed by atoms with Gasteiger partial charge < -0.3 is 20.7 Å². The number of hydrogen-bond donors (Lipinski definition) is 2. The van der Waals surface area contributed by atoms with Gasteiger partial charge in [0.1, 0.15) is 17.9 Å². The lowest BCUT2D eigenvalue weighted by Crippen LogP contribution is -2.49. The number of allylic oxidation sites excluding steroid dienone is 1. The Bertz CT molecular complexity index is 761. The van der Waals surface area contributed by atoms with E-state index in [0.29, 0.717) is 24.9 Å². The second-order valence-corrected chi connectivity index (χ2v) is 7.50. The van der Waals surface area contributed by atoms with Crippen molar-refractivity contribution < 1.29 is 14.3 Å². The fourth-order valence-corrected chi connectivity index (χ4v) is 4.15. The van der Waals surface area contributed by atoms with Crippen molar-refractivity contribution >= 4 is 11.8 Å². The average molecular weight is 355 g/mol. The van der Waals surface area contributed by atoms with E-state index in [1.165, 1.54) is 0 Å². The lowest BCUT2D eigenvalue weighted by atomic mass is 9.93. The van der Waals surface area contributed by atoms with Gasteiger partial charge in [0, 0.05) is 23.8 Å². The standard InChI is InChI=1S/C20H25N3O3/c1-12-6-9-17(19(24)22-12)23-11-13-10-14(7-8-15(13)20(23)25)26-18-5-3-2-4-16(18)21/h7-8,10,16-18H,1-6,9,11,21H2,(H,22,24). The van der Waals surface area contributed by atoms with E-state index in [9.17, 15) is 9.59 Å². The molecule has 1 saturated heterocycles. The fraction of sp³-hybridized carbons (Fsp3) is 0.500. The Hall–Kier alpha value is -2.34. The van der Waals surface area contributed by atoms with Crippen LogP contribution in [0, 0.1) is 0 Å². The van der Waals surface area contributed by atoms with Crippen molar-refractivity contribution in [2.45, 2.75) is 63.3 Å². The largest absolute Gasteiger partial charge is 0.489 e. The number of hydrogen-bond acceptors (Lipinski definition) is 4. The smallest absolute Gasteiger partial charge is 0.255 e. The molecular formula is C20H25N3O3. The molecule has 0 radical (unpaired) electrons. The second-order valence-electron chi connectivity index (χ2n) is 7.50. The van der Waals surface area contributed by atoms with Gasteiger partial charge in [-0.05, 0) is 55.9 Å². The van der Waals surface area contributed by atoms with Crippen LogP contribution in [0.3, 0.4) is 0 Å². The molecule has 1 aliphatic carbocycles. The van der Waals surface area contributed by atoms with Crippen LogP contribution in [0.1, 0.15) is 54.4 Å². The van der Waals surface area contributed by atoms with Crippen LogP contribution in [0.5, 0.6) is 5.75 Å². The highest BCUT2D eigenvalue weighted by atomic mass is 16.5. The molecule has 3 atom stereocenters. The Morgan fingerprint density at radius 3 is 2.77 bits per heavy atom. The van der Waals surface area contributed by atoms with Crippen LogP contribution < -0.4 is 15.8 Å². The summed E-state index contributed by atoms with van der Waals surface area (Å²) >= 11 is 0. The number of nitrogens with two attached hydrogens (primary N) is 1. The Morgan fingerprint density at radius 1 is 1.19 bits per heavy atom. The van der Waals surface area contributed by atoms with Crippen molar-refractivity contribution in [2.24, 2.45) is 5.73 Å². The van der Waals surface area contributed by atoms with E-state index in [2.05, 4.69) is 11.9 Å². The molecule has 2 fully saturated rings. The number of ether oxygens (including phenoxy) is 1. The molecule has 2 heterocycles. The van der Waals surface area contributed by atoms with Crippen LogP contribution in [-0.2, 0) is 11.3 Å². The van der Waals surface area contributed by atoms with Crippen LogP contribution in [0.4, 0.5) is 0 Å². The van der Waals surface area contributed by atoms with E-state index < -0.39 is 6.04 Å². The van der Waals surface area contributed by atoms with Crippen LogP contribution in [0.25, 0.3) is 0 Å². The van der Waals surface area contributed by atoms with Crippen molar-refractivity contribution in [3.05, 3.63) is 41.6 Å². The summed E-state index contributed by atoms with van der Waals surface area (Å²) < 4.78 is 6.10. The Balaban J connectivity index is 1.49. The number of nitrogens with one attached hydrogen (secondary N) is 1. The summed E-state index contributed by atoms with van der Waals surface area (Å²) in [6.07, 6.45) is 5.60. The van der Waals surface area contributed by atoms with Gasteiger partial charge in [0.05, 0.1) is 0 Å². The molecule has 3 aliphatic rings. The highest BCUT2D eigenvalue weighted by Gasteiger charge is 2.38. The Labute approximate surface area is 153 Å². The first kappa shape index (κ1) is 17.1. The number of piperidine rings is 1. The third kappa shape index (κ3) is 3.09. The summed E-state index contributed by atoms with van der Waals surface area (Å²) in [6.45, 7) is 4.23. The molecule has 138 valence electrons. The van der Waals surface area contributed by atoms with Crippen molar-refractivity contribution in [2.75, 3.05) is 0 Å². The van der Waals surface area contributed by atoms with E-state index in [4.69, 9.17) is 10.5 Å². The molecule has 2 aliphatic heterocycles. The molecule has 0 bridgehead atoms. The number of amides is 2. The third-order valence-electron chi connectivity index (χ3n) is 5.65. The van der Waals surface area contributed by atoms with Crippen molar-refractivity contribution in [1.82, 2.24) is 10.2 Å². The van der Waals surface area contributed by atoms with Crippen LogP contribution in [0.15, 0.2) is 30.5 Å². The highest BCUT2D eigenvalue weighted by molar-refractivity contribution is 6.01. The van der Waals surface area contributed by atoms with Gasteiger partial charge in [-0.3, -0.25) is 9.59 Å². The minimum Gasteiger partial charge on any atom is -0.489 e. The number of carbonyl (C=O) groups excluding carboxylic acids is 2. The van der Waals surface area contributed by atoms with Gasteiger partial charge in [-0.25, -0.2) is 0 Å². The van der Waals surface area contributed by atoms with Crippen molar-refractivity contribution in [1.29, 1.82) is 0 Å². The summed E-state index contributed by atoms with van der Waals surface area (Å²) in [5.41, 5.74) is 8.45. The van der Waals surface area contributed by atoms with Gasteiger partial charge in [-0.1, -0.05) is 13.0 Å². The number of fused-ring (bicyclic) bond motifs is 1. The SMILES string of the molecule is C=C1CCC(N2Cc3cc(OC4CCCCC4N)ccc3C2=O)C(=O)N1. The molecule has 3 N–H and O–H groups in total. The molecule has 4 rings (SSSR count). The predicted octanol–water partition coefficient (Wildman–Crippen LogP) is 2.08. The molecule has 26 heavy (non-hydrogen) atoms. The normalized spacial score (nSPS) is 28.7. The lowest BCUT2D eigenvalue weighted by molar-refractivity contribution is -0.126. The van der Waals surface area contributed by atoms with Gasteiger partial charge >= 0.3 is 0 Å². The van der Waals surface area contributed by atoms with E-state index in [-0.39, 0.29) is 24.0 Å². The van der Waals surface area contributed by atoms with Crippen LogP contribution in [0.2, 0.25) is 0 Å². The molecule has 0 spiro atoms. The zero-order valence-corrected chi connectivity index (χ0v) is 14.9. The predicted molar refractivity (Wildman–Crippen MR) is 97.5 cm³/mol. The summed E-state index contributed by atoms with van der Waals surface area (Å²) in [5.74, 6) is 0.517. The Kier molecular flexibility index (Phi) is 4.44. The molecule has 6 nitrogen and oxygen atoms in total. The third-order valence-corrected chi connectivity index (χ3v) is 5.65. The van der Waals surface area contributed by atoms with Gasteiger partial charge in [0.25, 0.3) is 5.91 Å². The van der Waals surface area contributed by atoms with E-state index >= 15 is 0 Å². The van der Waals surface area contributed by atoms with Gasteiger partial charge in [0.15, 0.2) is 0 Å². The lowest BCUT2D eigenvalue weighted by Gasteiger charge is -2.30. The molecule has 1 saturated carbocycles. The molecule has 0 aromatic heterocycles. The summed E-state index contributed by atoms with van der Waals surface area (Å²) in [5, 5.41) is 2.76. The van der Waals surface area contributed by atoms with E-state index in [0.717, 1.165) is 42.7 Å². The molecule has 6 heteroatoms. The van der Waals surface area contributed by atoms with Gasteiger partial charge in [-0.15, -0.1) is 0 Å². The van der Waals surface area contributed by atoms with Gasteiger partial charge in [0.2, 0.25) is 5.91 Å². The quantitative estimate of drug-likeness (QED) is 0.869. The maximum atomic E-state index is 12.7. The zero-order chi connectivity index (χ0) is 18.3. The molecular weight excluding hydrogens is 330 g/mol. The zero-order valence-electron chi connectivity index (χ0n) is 14.9. The van der Waals surface area contributed by atoms with E-state index in [1.807, 2.05) is 12.1 Å². The highest BCUT2D eigenvalue weighted by Crippen LogP contribution is 2.32. The first-order chi connectivity index (χ1) is 12.5.